The number of amides is 1. The van der Waals surface area contributed by atoms with Gasteiger partial charge in [0.05, 0.1) is 12.4 Å². The predicted octanol–water partition coefficient (Wildman–Crippen LogP) is 4.16. The monoisotopic (exact) mass is 361 g/mol. The summed E-state index contributed by atoms with van der Waals surface area (Å²) in [6.45, 7) is 3.99. The van der Waals surface area contributed by atoms with Gasteiger partial charge in [-0.1, -0.05) is 12.1 Å². The Balaban J connectivity index is 1.67. The molecule has 6 nitrogen and oxygen atoms in total. The SMILES string of the molecule is Cc1cccc(NC(=O)c2cnc(Nc3ccc(N(C)C)cc3)cn2)c1C. The molecule has 0 aliphatic carbocycles. The van der Waals surface area contributed by atoms with Crippen molar-refractivity contribution >= 4 is 28.8 Å². The van der Waals surface area contributed by atoms with Gasteiger partial charge in [-0.3, -0.25) is 4.79 Å². The Morgan fingerprint density at radius 1 is 0.963 bits per heavy atom. The van der Waals surface area contributed by atoms with Crippen LogP contribution in [0.25, 0.3) is 0 Å². The van der Waals surface area contributed by atoms with Crippen LogP contribution in [-0.2, 0) is 0 Å². The molecule has 6 heteroatoms. The van der Waals surface area contributed by atoms with Crippen LogP contribution in [0.3, 0.4) is 0 Å². The number of hydrogen-bond donors (Lipinski definition) is 2. The van der Waals surface area contributed by atoms with Gasteiger partial charge in [0, 0.05) is 31.2 Å². The fourth-order valence-electron chi connectivity index (χ4n) is 2.57. The van der Waals surface area contributed by atoms with Crippen molar-refractivity contribution in [1.82, 2.24) is 9.97 Å². The normalized spacial score (nSPS) is 10.4. The fraction of sp³-hybridized carbons (Fsp3) is 0.190. The molecule has 3 rings (SSSR count). The number of carbonyl (C=O) groups excluding carboxylic acids is 1. The van der Waals surface area contributed by atoms with E-state index in [0.717, 1.165) is 28.2 Å². The average Bonchev–Trinajstić information content (AvgIpc) is 2.66. The van der Waals surface area contributed by atoms with Crippen LogP contribution in [0, 0.1) is 13.8 Å². The summed E-state index contributed by atoms with van der Waals surface area (Å²) < 4.78 is 0. The van der Waals surface area contributed by atoms with Crippen molar-refractivity contribution in [3.63, 3.8) is 0 Å². The second-order valence-electron chi connectivity index (χ2n) is 6.55. The van der Waals surface area contributed by atoms with Gasteiger partial charge in [0.2, 0.25) is 0 Å². The number of aromatic nitrogens is 2. The van der Waals surface area contributed by atoms with Crippen molar-refractivity contribution in [2.24, 2.45) is 0 Å². The number of anilines is 4. The third kappa shape index (κ3) is 4.41. The number of hydrogen-bond acceptors (Lipinski definition) is 5. The molecule has 0 fully saturated rings. The minimum absolute atomic E-state index is 0.268. The summed E-state index contributed by atoms with van der Waals surface area (Å²) >= 11 is 0. The quantitative estimate of drug-likeness (QED) is 0.714. The lowest BCUT2D eigenvalue weighted by atomic mass is 10.1. The zero-order valence-electron chi connectivity index (χ0n) is 15.9. The molecule has 0 radical (unpaired) electrons. The zero-order chi connectivity index (χ0) is 19.4. The topological polar surface area (TPSA) is 70.2 Å². The lowest BCUT2D eigenvalue weighted by molar-refractivity contribution is 0.102. The van der Waals surface area contributed by atoms with Gasteiger partial charge in [0.25, 0.3) is 5.91 Å². The highest BCUT2D eigenvalue weighted by Gasteiger charge is 2.10. The number of benzene rings is 2. The van der Waals surface area contributed by atoms with Crippen LogP contribution in [0.1, 0.15) is 21.6 Å². The van der Waals surface area contributed by atoms with Gasteiger partial charge < -0.3 is 15.5 Å². The molecule has 0 saturated heterocycles. The standard InChI is InChI=1S/C21H23N5O/c1-14-6-5-7-18(15(14)2)25-21(27)19-12-23-20(13-22-19)24-16-8-10-17(11-9-16)26(3)4/h5-13H,1-4H3,(H,23,24)(H,25,27). The van der Waals surface area contributed by atoms with E-state index in [0.29, 0.717) is 5.82 Å². The number of carbonyl (C=O) groups is 1. The highest BCUT2D eigenvalue weighted by molar-refractivity contribution is 6.03. The summed E-state index contributed by atoms with van der Waals surface area (Å²) in [6.07, 6.45) is 3.02. The van der Waals surface area contributed by atoms with Crippen molar-refractivity contribution in [1.29, 1.82) is 0 Å². The highest BCUT2D eigenvalue weighted by atomic mass is 16.1. The van der Waals surface area contributed by atoms with Gasteiger partial charge in [0.15, 0.2) is 0 Å². The molecule has 2 aromatic carbocycles. The summed E-state index contributed by atoms with van der Waals surface area (Å²) in [4.78, 5) is 23.0. The third-order valence-electron chi connectivity index (χ3n) is 4.39. The first-order valence-electron chi connectivity index (χ1n) is 8.68. The molecule has 0 spiro atoms. The van der Waals surface area contributed by atoms with Crippen molar-refractivity contribution in [3.05, 3.63) is 71.7 Å². The van der Waals surface area contributed by atoms with Gasteiger partial charge in [0.1, 0.15) is 11.5 Å². The van der Waals surface area contributed by atoms with Crippen molar-refractivity contribution in [2.75, 3.05) is 29.6 Å². The largest absolute Gasteiger partial charge is 0.378 e. The van der Waals surface area contributed by atoms with Crippen LogP contribution in [0.4, 0.5) is 22.9 Å². The van der Waals surface area contributed by atoms with Crippen LogP contribution < -0.4 is 15.5 Å². The van der Waals surface area contributed by atoms with Crippen LogP contribution in [0.2, 0.25) is 0 Å². The van der Waals surface area contributed by atoms with Gasteiger partial charge >= 0.3 is 0 Å². The molecule has 0 atom stereocenters. The van der Waals surface area contributed by atoms with E-state index < -0.39 is 0 Å². The maximum Gasteiger partial charge on any atom is 0.275 e. The molecule has 0 saturated carbocycles. The number of aryl methyl sites for hydroxylation is 1. The summed E-state index contributed by atoms with van der Waals surface area (Å²) in [5.41, 5.74) is 5.24. The summed E-state index contributed by atoms with van der Waals surface area (Å²) in [5.74, 6) is 0.300. The lowest BCUT2D eigenvalue weighted by Gasteiger charge is -2.13. The van der Waals surface area contributed by atoms with E-state index in [9.17, 15) is 4.79 Å². The van der Waals surface area contributed by atoms with Gasteiger partial charge in [-0.25, -0.2) is 9.97 Å². The number of nitrogens with one attached hydrogen (secondary N) is 2. The molecule has 138 valence electrons. The van der Waals surface area contributed by atoms with E-state index in [1.165, 1.54) is 6.20 Å². The Hall–Kier alpha value is -3.41. The van der Waals surface area contributed by atoms with E-state index in [4.69, 9.17) is 0 Å². The summed E-state index contributed by atoms with van der Waals surface area (Å²) in [5, 5.41) is 6.07. The fourth-order valence-corrected chi connectivity index (χ4v) is 2.57. The smallest absolute Gasteiger partial charge is 0.275 e. The summed E-state index contributed by atoms with van der Waals surface area (Å²) in [6, 6.07) is 13.8. The Morgan fingerprint density at radius 2 is 1.70 bits per heavy atom. The average molecular weight is 361 g/mol. The Bertz CT molecular complexity index is 934. The maximum absolute atomic E-state index is 12.4. The van der Waals surface area contributed by atoms with E-state index in [2.05, 4.69) is 20.6 Å². The van der Waals surface area contributed by atoms with Gasteiger partial charge in [-0.15, -0.1) is 0 Å². The first-order chi connectivity index (χ1) is 12.9. The molecule has 0 unspecified atom stereocenters. The number of nitrogens with zero attached hydrogens (tertiary/aromatic N) is 3. The second kappa shape index (κ2) is 7.86. The molecular weight excluding hydrogens is 338 g/mol. The van der Waals surface area contributed by atoms with Crippen LogP contribution in [0.15, 0.2) is 54.9 Å². The molecule has 1 amide bonds. The highest BCUT2D eigenvalue weighted by Crippen LogP contribution is 2.20. The van der Waals surface area contributed by atoms with E-state index in [1.54, 1.807) is 6.20 Å². The van der Waals surface area contributed by atoms with E-state index >= 15 is 0 Å². The molecular formula is C21H23N5O. The first kappa shape index (κ1) is 18.4. The van der Waals surface area contributed by atoms with E-state index in [-0.39, 0.29) is 11.6 Å². The van der Waals surface area contributed by atoms with Crippen molar-refractivity contribution < 1.29 is 4.79 Å². The van der Waals surface area contributed by atoms with Crippen LogP contribution in [-0.4, -0.2) is 30.0 Å². The van der Waals surface area contributed by atoms with E-state index in [1.807, 2.05) is 75.3 Å². The minimum Gasteiger partial charge on any atom is -0.378 e. The Labute approximate surface area is 159 Å². The molecule has 1 heterocycles. The first-order valence-corrected chi connectivity index (χ1v) is 8.68. The molecule has 0 aliphatic rings. The molecule has 2 N–H and O–H groups in total. The molecule has 3 aromatic rings. The summed E-state index contributed by atoms with van der Waals surface area (Å²) in [7, 11) is 3.99. The molecule has 0 aliphatic heterocycles. The Kier molecular flexibility index (Phi) is 5.35. The van der Waals surface area contributed by atoms with Crippen molar-refractivity contribution in [2.45, 2.75) is 13.8 Å². The third-order valence-corrected chi connectivity index (χ3v) is 4.39. The maximum atomic E-state index is 12.4. The Morgan fingerprint density at radius 3 is 2.33 bits per heavy atom. The number of rotatable bonds is 5. The van der Waals surface area contributed by atoms with Gasteiger partial charge in [-0.05, 0) is 55.3 Å². The second-order valence-corrected chi connectivity index (χ2v) is 6.55. The minimum atomic E-state index is -0.280. The predicted molar refractivity (Wildman–Crippen MR) is 110 cm³/mol. The molecule has 27 heavy (non-hydrogen) atoms. The van der Waals surface area contributed by atoms with Gasteiger partial charge in [-0.2, -0.15) is 0 Å². The van der Waals surface area contributed by atoms with Crippen LogP contribution in [0.5, 0.6) is 0 Å². The van der Waals surface area contributed by atoms with Crippen molar-refractivity contribution in [3.8, 4) is 0 Å². The molecule has 1 aromatic heterocycles. The molecule has 0 bridgehead atoms. The van der Waals surface area contributed by atoms with Crippen LogP contribution >= 0.6 is 0 Å². The zero-order valence-corrected chi connectivity index (χ0v) is 15.9. The lowest BCUT2D eigenvalue weighted by Crippen LogP contribution is -2.15.